The van der Waals surface area contributed by atoms with Crippen LogP contribution in [-0.2, 0) is 17.8 Å². The maximum atomic E-state index is 12.3. The molecular formula is C10H14ClF3N2. The zero-order valence-electron chi connectivity index (χ0n) is 9.40. The zero-order chi connectivity index (χ0) is 12.6. The van der Waals surface area contributed by atoms with Crippen molar-refractivity contribution in [1.82, 2.24) is 9.78 Å². The van der Waals surface area contributed by atoms with E-state index in [2.05, 4.69) is 5.10 Å². The first-order chi connectivity index (χ1) is 7.13. The molecule has 0 bridgehead atoms. The molecule has 1 aromatic rings. The van der Waals surface area contributed by atoms with Gasteiger partial charge in [-0.3, -0.25) is 4.68 Å². The number of alkyl halides is 4. The number of hydrogen-bond acceptors (Lipinski definition) is 1. The summed E-state index contributed by atoms with van der Waals surface area (Å²) in [6.07, 6.45) is -4.28. The van der Waals surface area contributed by atoms with Gasteiger partial charge in [-0.1, -0.05) is 20.8 Å². The van der Waals surface area contributed by atoms with Crippen molar-refractivity contribution < 1.29 is 13.2 Å². The van der Waals surface area contributed by atoms with Crippen LogP contribution in [0.1, 0.15) is 32.2 Å². The molecule has 0 fully saturated rings. The van der Waals surface area contributed by atoms with E-state index < -0.39 is 12.7 Å². The molecule has 92 valence electrons. The third-order valence-corrected chi connectivity index (χ3v) is 2.37. The molecular weight excluding hydrogens is 241 g/mol. The average Bonchev–Trinajstić information content (AvgIpc) is 2.43. The highest BCUT2D eigenvalue weighted by molar-refractivity contribution is 6.16. The Balaban J connectivity index is 3.05. The van der Waals surface area contributed by atoms with E-state index in [1.54, 1.807) is 6.07 Å². The Bertz CT molecular complexity index is 363. The predicted octanol–water partition coefficient (Wildman–Crippen LogP) is 3.48. The molecule has 0 aliphatic rings. The lowest BCUT2D eigenvalue weighted by atomic mass is 9.92. The highest BCUT2D eigenvalue weighted by Gasteiger charge is 2.30. The van der Waals surface area contributed by atoms with Gasteiger partial charge in [-0.2, -0.15) is 18.3 Å². The van der Waals surface area contributed by atoms with Crippen LogP contribution in [0.15, 0.2) is 6.07 Å². The maximum Gasteiger partial charge on any atom is 0.408 e. The van der Waals surface area contributed by atoms with E-state index in [1.165, 1.54) is 0 Å². The number of hydrogen-bond donors (Lipinski definition) is 0. The SMILES string of the molecule is CC(C)(C)c1cc(CCl)n(CC(F)(F)F)n1. The fraction of sp³-hybridized carbons (Fsp3) is 0.700. The molecule has 0 aromatic carbocycles. The van der Waals surface area contributed by atoms with Gasteiger partial charge in [0.15, 0.2) is 0 Å². The highest BCUT2D eigenvalue weighted by Crippen LogP contribution is 2.25. The van der Waals surface area contributed by atoms with Crippen molar-refractivity contribution in [3.8, 4) is 0 Å². The summed E-state index contributed by atoms with van der Waals surface area (Å²) in [6.45, 7) is 4.59. The fourth-order valence-electron chi connectivity index (χ4n) is 1.24. The highest BCUT2D eigenvalue weighted by atomic mass is 35.5. The molecule has 0 atom stereocenters. The summed E-state index contributed by atoms with van der Waals surface area (Å²) >= 11 is 5.60. The van der Waals surface area contributed by atoms with Gasteiger partial charge in [0.25, 0.3) is 0 Å². The van der Waals surface area contributed by atoms with Crippen molar-refractivity contribution in [2.75, 3.05) is 0 Å². The van der Waals surface area contributed by atoms with Gasteiger partial charge in [-0.15, -0.1) is 11.6 Å². The molecule has 6 heteroatoms. The Kier molecular flexibility index (Phi) is 3.57. The Morgan fingerprint density at radius 2 is 1.88 bits per heavy atom. The van der Waals surface area contributed by atoms with Crippen LogP contribution in [0.2, 0.25) is 0 Å². The van der Waals surface area contributed by atoms with Crippen molar-refractivity contribution >= 4 is 11.6 Å². The molecule has 0 aliphatic heterocycles. The van der Waals surface area contributed by atoms with Crippen LogP contribution in [0.3, 0.4) is 0 Å². The van der Waals surface area contributed by atoms with Crippen LogP contribution >= 0.6 is 11.6 Å². The Morgan fingerprint density at radius 3 is 2.25 bits per heavy atom. The molecule has 1 rings (SSSR count). The first kappa shape index (κ1) is 13.4. The quantitative estimate of drug-likeness (QED) is 0.739. The van der Waals surface area contributed by atoms with E-state index in [0.29, 0.717) is 11.4 Å². The molecule has 0 radical (unpaired) electrons. The van der Waals surface area contributed by atoms with Gasteiger partial charge < -0.3 is 0 Å². The van der Waals surface area contributed by atoms with Gasteiger partial charge in [0.05, 0.1) is 17.3 Å². The summed E-state index contributed by atoms with van der Waals surface area (Å²) in [6, 6.07) is 1.62. The summed E-state index contributed by atoms with van der Waals surface area (Å²) in [7, 11) is 0. The second-order valence-electron chi connectivity index (χ2n) is 4.68. The van der Waals surface area contributed by atoms with Gasteiger partial charge in [0.1, 0.15) is 6.54 Å². The summed E-state index contributed by atoms with van der Waals surface area (Å²) < 4.78 is 37.7. The summed E-state index contributed by atoms with van der Waals surface area (Å²) in [5, 5.41) is 3.95. The first-order valence-corrected chi connectivity index (χ1v) is 5.37. The smallest absolute Gasteiger partial charge is 0.259 e. The Hall–Kier alpha value is -0.710. The minimum Gasteiger partial charge on any atom is -0.259 e. The lowest BCUT2D eigenvalue weighted by Crippen LogP contribution is -2.21. The van der Waals surface area contributed by atoms with Crippen LogP contribution in [-0.4, -0.2) is 16.0 Å². The zero-order valence-corrected chi connectivity index (χ0v) is 10.2. The van der Waals surface area contributed by atoms with E-state index >= 15 is 0 Å². The summed E-state index contributed by atoms with van der Waals surface area (Å²) in [5.41, 5.74) is 0.730. The minimum atomic E-state index is -4.28. The standard InChI is InChI=1S/C10H14ClF3N2/c1-9(2,3)8-4-7(5-11)16(15-8)6-10(12,13)14/h4H,5-6H2,1-3H3. The van der Waals surface area contributed by atoms with Crippen molar-refractivity contribution in [3.63, 3.8) is 0 Å². The molecule has 0 aliphatic carbocycles. The first-order valence-electron chi connectivity index (χ1n) is 4.83. The molecule has 0 N–H and O–H groups in total. The molecule has 2 nitrogen and oxygen atoms in total. The number of nitrogens with zero attached hydrogens (tertiary/aromatic N) is 2. The van der Waals surface area contributed by atoms with E-state index in [4.69, 9.17) is 11.6 Å². The second kappa shape index (κ2) is 4.28. The summed E-state index contributed by atoms with van der Waals surface area (Å²) in [5.74, 6) is 0.0269. The fourth-order valence-corrected chi connectivity index (χ4v) is 1.45. The van der Waals surface area contributed by atoms with Crippen molar-refractivity contribution in [3.05, 3.63) is 17.5 Å². The largest absolute Gasteiger partial charge is 0.408 e. The van der Waals surface area contributed by atoms with Gasteiger partial charge >= 0.3 is 6.18 Å². The molecule has 0 amide bonds. The van der Waals surface area contributed by atoms with Gasteiger partial charge in [0.2, 0.25) is 0 Å². The lowest BCUT2D eigenvalue weighted by molar-refractivity contribution is -0.143. The van der Waals surface area contributed by atoms with E-state index in [-0.39, 0.29) is 11.3 Å². The third-order valence-electron chi connectivity index (χ3n) is 2.10. The molecule has 1 aromatic heterocycles. The number of halogens is 4. The normalized spacial score (nSPS) is 13.2. The Morgan fingerprint density at radius 1 is 1.31 bits per heavy atom. The van der Waals surface area contributed by atoms with Crippen LogP contribution in [0, 0.1) is 0 Å². The topological polar surface area (TPSA) is 17.8 Å². The molecule has 0 spiro atoms. The second-order valence-corrected chi connectivity index (χ2v) is 4.94. The van der Waals surface area contributed by atoms with Crippen molar-refractivity contribution in [1.29, 1.82) is 0 Å². The summed E-state index contributed by atoms with van der Waals surface area (Å²) in [4.78, 5) is 0. The van der Waals surface area contributed by atoms with Crippen LogP contribution < -0.4 is 0 Å². The molecule has 0 saturated carbocycles. The number of aromatic nitrogens is 2. The van der Waals surface area contributed by atoms with Crippen molar-refractivity contribution in [2.24, 2.45) is 0 Å². The van der Waals surface area contributed by atoms with Crippen molar-refractivity contribution in [2.45, 2.75) is 44.8 Å². The molecule has 0 saturated heterocycles. The molecule has 16 heavy (non-hydrogen) atoms. The van der Waals surface area contributed by atoms with Gasteiger partial charge in [-0.05, 0) is 6.07 Å². The van der Waals surface area contributed by atoms with E-state index in [0.717, 1.165) is 4.68 Å². The molecule has 1 heterocycles. The lowest BCUT2D eigenvalue weighted by Gasteiger charge is -2.14. The van der Waals surface area contributed by atoms with E-state index in [1.807, 2.05) is 20.8 Å². The van der Waals surface area contributed by atoms with Crippen LogP contribution in [0.25, 0.3) is 0 Å². The van der Waals surface area contributed by atoms with Gasteiger partial charge in [0, 0.05) is 5.41 Å². The predicted molar refractivity (Wildman–Crippen MR) is 56.5 cm³/mol. The average molecular weight is 255 g/mol. The third kappa shape index (κ3) is 3.40. The monoisotopic (exact) mass is 254 g/mol. The van der Waals surface area contributed by atoms with Crippen LogP contribution in [0.5, 0.6) is 0 Å². The minimum absolute atomic E-state index is 0.0269. The number of rotatable bonds is 2. The Labute approximate surface area is 97.4 Å². The van der Waals surface area contributed by atoms with Gasteiger partial charge in [-0.25, -0.2) is 0 Å². The van der Waals surface area contributed by atoms with E-state index in [9.17, 15) is 13.2 Å². The molecule has 0 unspecified atom stereocenters. The van der Waals surface area contributed by atoms with Crippen LogP contribution in [0.4, 0.5) is 13.2 Å². The maximum absolute atomic E-state index is 12.3.